The van der Waals surface area contributed by atoms with Gasteiger partial charge in [0.25, 0.3) is 5.91 Å². The summed E-state index contributed by atoms with van der Waals surface area (Å²) < 4.78 is 0. The van der Waals surface area contributed by atoms with Gasteiger partial charge in [-0.2, -0.15) is 0 Å². The number of carbonyl (C=O) groups is 4. The molecule has 1 aliphatic rings. The lowest BCUT2D eigenvalue weighted by Crippen LogP contribution is -2.60. The van der Waals surface area contributed by atoms with Crippen LogP contribution in [0.5, 0.6) is 0 Å². The van der Waals surface area contributed by atoms with Gasteiger partial charge in [0.15, 0.2) is 0 Å². The summed E-state index contributed by atoms with van der Waals surface area (Å²) in [4.78, 5) is 51.5. The summed E-state index contributed by atoms with van der Waals surface area (Å²) in [5, 5.41) is 9.94. The van der Waals surface area contributed by atoms with Crippen molar-refractivity contribution in [2.75, 3.05) is 32.7 Å². The third kappa shape index (κ3) is 5.86. The Morgan fingerprint density at radius 1 is 1.17 bits per heavy atom. The molecule has 1 aromatic carbocycles. The van der Waals surface area contributed by atoms with Gasteiger partial charge in [-0.1, -0.05) is 12.1 Å². The van der Waals surface area contributed by atoms with Gasteiger partial charge in [-0.3, -0.25) is 19.8 Å². The van der Waals surface area contributed by atoms with E-state index >= 15 is 0 Å². The van der Waals surface area contributed by atoms with Gasteiger partial charge >= 0.3 is 0 Å². The summed E-state index contributed by atoms with van der Waals surface area (Å²) in [5.41, 5.74) is 11.7. The first kappa shape index (κ1) is 23.0. The molecule has 2 rings (SSSR count). The van der Waals surface area contributed by atoms with Crippen LogP contribution >= 0.6 is 0 Å². The molecule has 1 unspecified atom stereocenters. The summed E-state index contributed by atoms with van der Waals surface area (Å²) in [6.07, 6.45) is 2.54. The van der Waals surface area contributed by atoms with Gasteiger partial charge in [-0.25, -0.2) is 0 Å². The molecule has 3 amide bonds. The maximum Gasteiger partial charge on any atom is 0.251 e. The third-order valence-corrected chi connectivity index (χ3v) is 4.99. The number of benzene rings is 1. The molecular weight excluding hydrogens is 388 g/mol. The molecule has 1 heterocycles. The van der Waals surface area contributed by atoms with E-state index in [0.29, 0.717) is 43.3 Å². The average Bonchev–Trinajstić information content (AvgIpc) is 2.74. The van der Waals surface area contributed by atoms with Crippen LogP contribution in [0.25, 0.3) is 0 Å². The highest BCUT2D eigenvalue weighted by Crippen LogP contribution is 2.17. The second-order valence-electron chi connectivity index (χ2n) is 7.01. The fourth-order valence-corrected chi connectivity index (χ4v) is 3.33. The Bertz CT molecular complexity index is 795. The Balaban J connectivity index is 2.00. The molecule has 0 spiro atoms. The minimum Gasteiger partial charge on any atom is -0.384 e. The van der Waals surface area contributed by atoms with Crippen molar-refractivity contribution in [1.29, 1.82) is 5.41 Å². The molecule has 10 heteroatoms. The van der Waals surface area contributed by atoms with Crippen molar-refractivity contribution in [2.45, 2.75) is 25.3 Å². The maximum absolute atomic E-state index is 12.7. The standard InChI is InChI=1S/C20H28N6O4/c21-8-2-1-3-16-20(30)25(11-12-27)9-10-26(16)17(28)13-24-19(29)15-6-4-14(5-7-15)18(22)23/h4-7,12,16H,1-3,8-11,13,21H2,(H3,22,23)(H,24,29). The molecule has 6 N–H and O–H groups in total. The molecule has 0 aliphatic carbocycles. The van der Waals surface area contributed by atoms with Crippen molar-refractivity contribution >= 4 is 29.8 Å². The van der Waals surface area contributed by atoms with E-state index in [9.17, 15) is 19.2 Å². The Morgan fingerprint density at radius 2 is 1.83 bits per heavy atom. The van der Waals surface area contributed by atoms with Gasteiger partial charge in [0, 0.05) is 24.2 Å². The fourth-order valence-electron chi connectivity index (χ4n) is 3.33. The normalized spacial score (nSPS) is 16.3. The predicted octanol–water partition coefficient (Wildman–Crippen LogP) is -0.932. The molecule has 1 aromatic rings. The highest BCUT2D eigenvalue weighted by atomic mass is 16.2. The molecule has 0 bridgehead atoms. The molecule has 1 atom stereocenters. The van der Waals surface area contributed by atoms with Crippen molar-refractivity contribution in [3.8, 4) is 0 Å². The van der Waals surface area contributed by atoms with Crippen LogP contribution < -0.4 is 16.8 Å². The second kappa shape index (κ2) is 11.1. The van der Waals surface area contributed by atoms with Crippen LogP contribution in [0.15, 0.2) is 24.3 Å². The van der Waals surface area contributed by atoms with Crippen molar-refractivity contribution in [3.05, 3.63) is 35.4 Å². The van der Waals surface area contributed by atoms with Crippen LogP contribution in [0.4, 0.5) is 0 Å². The van der Waals surface area contributed by atoms with E-state index in [2.05, 4.69) is 5.32 Å². The van der Waals surface area contributed by atoms with E-state index in [-0.39, 0.29) is 37.3 Å². The number of amidine groups is 1. The zero-order valence-corrected chi connectivity index (χ0v) is 16.8. The molecule has 1 fully saturated rings. The SMILES string of the molecule is N=C(N)c1ccc(C(=O)NCC(=O)N2CCN(CC=O)C(=O)C2CCCCN)cc1. The Hall–Kier alpha value is -3.27. The number of unbranched alkanes of at least 4 members (excludes halogenated alkanes) is 1. The highest BCUT2D eigenvalue weighted by molar-refractivity contribution is 5.99. The zero-order chi connectivity index (χ0) is 22.1. The smallest absolute Gasteiger partial charge is 0.251 e. The lowest BCUT2D eigenvalue weighted by molar-refractivity contribution is -0.151. The van der Waals surface area contributed by atoms with Gasteiger partial charge in [0.1, 0.15) is 18.2 Å². The second-order valence-corrected chi connectivity index (χ2v) is 7.01. The largest absolute Gasteiger partial charge is 0.384 e. The molecule has 0 aromatic heterocycles. The number of carbonyl (C=O) groups excluding carboxylic acids is 4. The number of aldehydes is 1. The van der Waals surface area contributed by atoms with Gasteiger partial charge in [0.2, 0.25) is 11.8 Å². The number of hydrogen-bond donors (Lipinski definition) is 4. The number of piperazine rings is 1. The molecule has 1 aliphatic heterocycles. The lowest BCUT2D eigenvalue weighted by Gasteiger charge is -2.40. The first-order valence-corrected chi connectivity index (χ1v) is 9.83. The van der Waals surface area contributed by atoms with E-state index in [1.807, 2.05) is 0 Å². The van der Waals surface area contributed by atoms with E-state index in [4.69, 9.17) is 16.9 Å². The lowest BCUT2D eigenvalue weighted by atomic mass is 10.0. The van der Waals surface area contributed by atoms with Crippen molar-refractivity contribution in [1.82, 2.24) is 15.1 Å². The van der Waals surface area contributed by atoms with Gasteiger partial charge in [0.05, 0.1) is 13.1 Å². The maximum atomic E-state index is 12.7. The Labute approximate surface area is 175 Å². The van der Waals surface area contributed by atoms with E-state index in [0.717, 1.165) is 6.42 Å². The van der Waals surface area contributed by atoms with E-state index in [1.165, 1.54) is 21.9 Å². The number of amides is 3. The number of nitrogens with two attached hydrogens (primary N) is 2. The number of rotatable bonds is 10. The van der Waals surface area contributed by atoms with Crippen LogP contribution in [0.1, 0.15) is 35.2 Å². The van der Waals surface area contributed by atoms with E-state index < -0.39 is 11.9 Å². The summed E-state index contributed by atoms with van der Waals surface area (Å²) in [6, 6.07) is 5.49. The summed E-state index contributed by atoms with van der Waals surface area (Å²) in [7, 11) is 0. The molecule has 0 radical (unpaired) electrons. The molecule has 0 saturated carbocycles. The minimum atomic E-state index is -0.662. The third-order valence-electron chi connectivity index (χ3n) is 4.99. The summed E-state index contributed by atoms with van der Waals surface area (Å²) >= 11 is 0. The Kier molecular flexibility index (Phi) is 8.48. The van der Waals surface area contributed by atoms with Gasteiger partial charge in [-0.15, -0.1) is 0 Å². The van der Waals surface area contributed by atoms with Crippen LogP contribution in [0.3, 0.4) is 0 Å². The number of nitrogens with zero attached hydrogens (tertiary/aromatic N) is 2. The monoisotopic (exact) mass is 416 g/mol. The number of nitrogen functional groups attached to an aromatic ring is 1. The minimum absolute atomic E-state index is 0.00124. The first-order chi connectivity index (χ1) is 14.4. The molecule has 10 nitrogen and oxygen atoms in total. The predicted molar refractivity (Wildman–Crippen MR) is 111 cm³/mol. The van der Waals surface area contributed by atoms with Crippen LogP contribution in [0, 0.1) is 5.41 Å². The number of nitrogens with one attached hydrogen (secondary N) is 2. The highest BCUT2D eigenvalue weighted by Gasteiger charge is 2.36. The van der Waals surface area contributed by atoms with Crippen molar-refractivity contribution in [2.24, 2.45) is 11.5 Å². The summed E-state index contributed by atoms with van der Waals surface area (Å²) in [5.74, 6) is -1.16. The molecule has 1 saturated heterocycles. The van der Waals surface area contributed by atoms with Crippen LogP contribution in [0.2, 0.25) is 0 Å². The quantitative estimate of drug-likeness (QED) is 0.167. The van der Waals surface area contributed by atoms with E-state index in [1.54, 1.807) is 12.1 Å². The molecule has 30 heavy (non-hydrogen) atoms. The topological polar surface area (TPSA) is 163 Å². The van der Waals surface area contributed by atoms with Gasteiger partial charge in [-0.05, 0) is 37.9 Å². The molecular formula is C20H28N6O4. The molecule has 162 valence electrons. The first-order valence-electron chi connectivity index (χ1n) is 9.83. The fraction of sp³-hybridized carbons (Fsp3) is 0.450. The van der Waals surface area contributed by atoms with Crippen molar-refractivity contribution in [3.63, 3.8) is 0 Å². The van der Waals surface area contributed by atoms with Gasteiger partial charge < -0.3 is 31.4 Å². The summed E-state index contributed by atoms with van der Waals surface area (Å²) in [6.45, 7) is 0.820. The number of hydrogen-bond acceptors (Lipinski definition) is 6. The zero-order valence-electron chi connectivity index (χ0n) is 16.8. The average molecular weight is 416 g/mol. The Morgan fingerprint density at radius 3 is 2.43 bits per heavy atom. The van der Waals surface area contributed by atoms with Crippen LogP contribution in [-0.4, -0.2) is 78.4 Å². The van der Waals surface area contributed by atoms with Crippen LogP contribution in [-0.2, 0) is 14.4 Å². The van der Waals surface area contributed by atoms with Crippen molar-refractivity contribution < 1.29 is 19.2 Å².